The molecule has 1 aliphatic carbocycles. The molecule has 4 heteroatoms. The molecule has 2 aromatic carbocycles. The van der Waals surface area contributed by atoms with Gasteiger partial charge in [0, 0.05) is 11.5 Å². The van der Waals surface area contributed by atoms with E-state index >= 15 is 0 Å². The van der Waals surface area contributed by atoms with E-state index in [1.165, 1.54) is 0 Å². The van der Waals surface area contributed by atoms with E-state index in [1.54, 1.807) is 48.6 Å². The van der Waals surface area contributed by atoms with E-state index in [1.807, 2.05) is 25.1 Å². The van der Waals surface area contributed by atoms with Gasteiger partial charge in [0.05, 0.1) is 12.7 Å². The summed E-state index contributed by atoms with van der Waals surface area (Å²) < 4.78 is 50.1. The van der Waals surface area contributed by atoms with Crippen molar-refractivity contribution in [1.29, 1.82) is 0 Å². The molecule has 1 heterocycles. The van der Waals surface area contributed by atoms with Crippen LogP contribution in [-0.2, 0) is 4.74 Å². The second kappa shape index (κ2) is 10.6. The maximum atomic E-state index is 14.9. The molecule has 0 bridgehead atoms. The Morgan fingerprint density at radius 2 is 1.70 bits per heavy atom. The number of rotatable bonds is 6. The fourth-order valence-electron chi connectivity index (χ4n) is 4.56. The third kappa shape index (κ3) is 5.33. The molecule has 2 aliphatic rings. The minimum atomic E-state index is -1.71. The van der Waals surface area contributed by atoms with Crippen molar-refractivity contribution in [2.24, 2.45) is 0 Å². The normalized spacial score (nSPS) is 25.7. The van der Waals surface area contributed by atoms with Crippen LogP contribution in [0.5, 0.6) is 0 Å². The van der Waals surface area contributed by atoms with Crippen LogP contribution >= 0.6 is 0 Å². The fraction of sp³-hybridized carbons (Fsp3) is 0.379. The standard InChI is InChI=1S/C29H31F3O/c1-3-4-5-6-22-13-16-26(29(32)28(22)31)21-11-9-20(10-12-21)25-15-14-23(17-27(25)30)24-8-7-19(2)33-18-24/h4-5,9-17,19,24,28-29H,3,6-8,18H2,1-2H3/b5-4-. The molecule has 0 saturated carbocycles. The van der Waals surface area contributed by atoms with Gasteiger partial charge in [-0.15, -0.1) is 0 Å². The molecule has 4 unspecified atom stereocenters. The lowest BCUT2D eigenvalue weighted by molar-refractivity contribution is 0.0154. The lowest BCUT2D eigenvalue weighted by Gasteiger charge is -2.27. The molecular weight excluding hydrogens is 421 g/mol. The second-order valence-electron chi connectivity index (χ2n) is 8.99. The monoisotopic (exact) mass is 452 g/mol. The first-order valence-corrected chi connectivity index (χ1v) is 11.8. The molecule has 0 spiro atoms. The number of alkyl halides is 2. The lowest BCUT2D eigenvalue weighted by atomic mass is 9.87. The first kappa shape index (κ1) is 23.6. The van der Waals surface area contributed by atoms with Crippen LogP contribution < -0.4 is 0 Å². The van der Waals surface area contributed by atoms with Gasteiger partial charge in [-0.3, -0.25) is 0 Å². The minimum Gasteiger partial charge on any atom is -0.378 e. The number of hydrogen-bond acceptors (Lipinski definition) is 1. The highest BCUT2D eigenvalue weighted by atomic mass is 19.2. The van der Waals surface area contributed by atoms with E-state index in [-0.39, 0.29) is 17.8 Å². The summed E-state index contributed by atoms with van der Waals surface area (Å²) in [6, 6.07) is 12.4. The topological polar surface area (TPSA) is 9.23 Å². The maximum absolute atomic E-state index is 14.9. The number of allylic oxidation sites excluding steroid dienone is 6. The van der Waals surface area contributed by atoms with Gasteiger partial charge < -0.3 is 4.74 Å². The van der Waals surface area contributed by atoms with Gasteiger partial charge in [0.15, 0.2) is 12.3 Å². The number of benzene rings is 2. The van der Waals surface area contributed by atoms with Crippen molar-refractivity contribution in [3.8, 4) is 11.1 Å². The van der Waals surface area contributed by atoms with Crippen molar-refractivity contribution < 1.29 is 17.9 Å². The van der Waals surface area contributed by atoms with Crippen LogP contribution in [0.1, 0.15) is 56.6 Å². The summed E-state index contributed by atoms with van der Waals surface area (Å²) in [5, 5.41) is 0. The number of hydrogen-bond donors (Lipinski definition) is 0. The second-order valence-corrected chi connectivity index (χ2v) is 8.99. The van der Waals surface area contributed by atoms with Crippen LogP contribution in [-0.4, -0.2) is 25.1 Å². The Morgan fingerprint density at radius 3 is 2.36 bits per heavy atom. The van der Waals surface area contributed by atoms with Gasteiger partial charge in [0.1, 0.15) is 5.82 Å². The van der Waals surface area contributed by atoms with Gasteiger partial charge in [0.25, 0.3) is 0 Å². The van der Waals surface area contributed by atoms with E-state index in [2.05, 4.69) is 6.92 Å². The van der Waals surface area contributed by atoms with E-state index in [0.29, 0.717) is 40.9 Å². The van der Waals surface area contributed by atoms with Gasteiger partial charge >= 0.3 is 0 Å². The number of halogens is 3. The lowest BCUT2D eigenvalue weighted by Crippen LogP contribution is -2.23. The summed E-state index contributed by atoms with van der Waals surface area (Å²) in [6.07, 6.45) is 7.33. The molecule has 1 nitrogen and oxygen atoms in total. The zero-order chi connectivity index (χ0) is 23.4. The van der Waals surface area contributed by atoms with Gasteiger partial charge in [-0.05, 0) is 66.5 Å². The molecule has 4 rings (SSSR count). The molecule has 1 saturated heterocycles. The Hall–Kier alpha value is -2.59. The van der Waals surface area contributed by atoms with Crippen LogP contribution in [0, 0.1) is 5.82 Å². The van der Waals surface area contributed by atoms with Crippen LogP contribution in [0.3, 0.4) is 0 Å². The van der Waals surface area contributed by atoms with Gasteiger partial charge in [-0.25, -0.2) is 13.2 Å². The Balaban J connectivity index is 1.51. The molecule has 4 atom stereocenters. The quantitative estimate of drug-likeness (QED) is 0.402. The molecule has 33 heavy (non-hydrogen) atoms. The van der Waals surface area contributed by atoms with Crippen molar-refractivity contribution in [3.63, 3.8) is 0 Å². The Kier molecular flexibility index (Phi) is 7.54. The molecule has 1 aliphatic heterocycles. The zero-order valence-electron chi connectivity index (χ0n) is 19.2. The minimum absolute atomic E-state index is 0.218. The van der Waals surface area contributed by atoms with Crippen molar-refractivity contribution >= 4 is 5.57 Å². The molecule has 0 N–H and O–H groups in total. The molecular formula is C29H31F3O. The summed E-state index contributed by atoms with van der Waals surface area (Å²) in [5.74, 6) is -0.0634. The summed E-state index contributed by atoms with van der Waals surface area (Å²) in [5.41, 5.74) is 3.54. The average Bonchev–Trinajstić information content (AvgIpc) is 2.83. The molecule has 2 aromatic rings. The summed E-state index contributed by atoms with van der Waals surface area (Å²) in [7, 11) is 0. The largest absolute Gasteiger partial charge is 0.378 e. The molecule has 1 fully saturated rings. The van der Waals surface area contributed by atoms with Crippen LogP contribution in [0.25, 0.3) is 16.7 Å². The first-order valence-electron chi connectivity index (χ1n) is 11.8. The van der Waals surface area contributed by atoms with Gasteiger partial charge in [0.2, 0.25) is 0 Å². The highest BCUT2D eigenvalue weighted by Gasteiger charge is 2.30. The Morgan fingerprint density at radius 1 is 0.939 bits per heavy atom. The smallest absolute Gasteiger partial charge is 0.161 e. The third-order valence-electron chi connectivity index (χ3n) is 6.64. The van der Waals surface area contributed by atoms with Crippen LogP contribution in [0.4, 0.5) is 13.2 Å². The van der Waals surface area contributed by atoms with E-state index in [0.717, 1.165) is 24.8 Å². The third-order valence-corrected chi connectivity index (χ3v) is 6.64. The predicted molar refractivity (Wildman–Crippen MR) is 129 cm³/mol. The summed E-state index contributed by atoms with van der Waals surface area (Å²) >= 11 is 0. The van der Waals surface area contributed by atoms with E-state index in [4.69, 9.17) is 4.74 Å². The number of ether oxygens (including phenoxy) is 1. The SMILES string of the molecule is CC/C=C\CC1=CC=C(c2ccc(-c3ccc(C4CCC(C)OC4)cc3F)cc2)C(F)C1F. The Bertz CT molecular complexity index is 1040. The summed E-state index contributed by atoms with van der Waals surface area (Å²) in [4.78, 5) is 0. The fourth-order valence-corrected chi connectivity index (χ4v) is 4.56. The van der Waals surface area contributed by atoms with Crippen molar-refractivity contribution in [3.05, 3.63) is 89.3 Å². The predicted octanol–water partition coefficient (Wildman–Crippen LogP) is 8.13. The van der Waals surface area contributed by atoms with Crippen molar-refractivity contribution in [1.82, 2.24) is 0 Å². The van der Waals surface area contributed by atoms with Crippen molar-refractivity contribution in [2.45, 2.75) is 63.9 Å². The van der Waals surface area contributed by atoms with Gasteiger partial charge in [-0.1, -0.05) is 67.6 Å². The van der Waals surface area contributed by atoms with Crippen LogP contribution in [0.2, 0.25) is 0 Å². The molecule has 0 amide bonds. The molecule has 0 aromatic heterocycles. The average molecular weight is 453 g/mol. The molecule has 174 valence electrons. The zero-order valence-corrected chi connectivity index (χ0v) is 19.2. The first-order chi connectivity index (χ1) is 16.0. The maximum Gasteiger partial charge on any atom is 0.161 e. The highest BCUT2D eigenvalue weighted by Crippen LogP contribution is 2.35. The molecule has 0 radical (unpaired) electrons. The van der Waals surface area contributed by atoms with E-state index < -0.39 is 12.3 Å². The Labute approximate surface area is 194 Å². The highest BCUT2D eigenvalue weighted by molar-refractivity contribution is 5.75. The van der Waals surface area contributed by atoms with E-state index in [9.17, 15) is 13.2 Å². The van der Waals surface area contributed by atoms with Crippen molar-refractivity contribution in [2.75, 3.05) is 6.61 Å². The van der Waals surface area contributed by atoms with Crippen LogP contribution in [0.15, 0.2) is 72.3 Å². The van der Waals surface area contributed by atoms with Gasteiger partial charge in [-0.2, -0.15) is 0 Å². The summed E-state index contributed by atoms with van der Waals surface area (Å²) in [6.45, 7) is 4.69.